The Morgan fingerprint density at radius 2 is 2.14 bits per heavy atom. The van der Waals surface area contributed by atoms with Gasteiger partial charge in [-0.25, -0.2) is 4.68 Å². The molecule has 1 fully saturated rings. The van der Waals surface area contributed by atoms with Gasteiger partial charge in [0.1, 0.15) is 6.20 Å². The summed E-state index contributed by atoms with van der Waals surface area (Å²) in [6, 6.07) is -0.0650. The van der Waals surface area contributed by atoms with Crippen molar-refractivity contribution in [3.8, 4) is 0 Å². The minimum Gasteiger partial charge on any atom is -0.288 e. The van der Waals surface area contributed by atoms with E-state index in [1.165, 1.54) is 10.9 Å². The molecule has 1 radical (unpaired) electrons. The predicted molar refractivity (Wildman–Crippen MR) is 38.1 cm³/mol. The van der Waals surface area contributed by atoms with Gasteiger partial charge in [-0.2, -0.15) is 0 Å². The fourth-order valence-electron chi connectivity index (χ4n) is 1.39. The third-order valence-corrected chi connectivity index (χ3v) is 2.11. The Hall–Kier alpha value is -1.11. The highest BCUT2D eigenvalue weighted by Crippen LogP contribution is 2.37. The Balaban J connectivity index is 1.80. The Labute approximate surface area is 77.7 Å². The van der Waals surface area contributed by atoms with Crippen molar-refractivity contribution in [2.45, 2.75) is 31.3 Å². The van der Waals surface area contributed by atoms with E-state index in [0.29, 0.717) is 12.8 Å². The Kier molecular flexibility index (Phi) is 2.18. The van der Waals surface area contributed by atoms with Gasteiger partial charge in [0.05, 0.1) is 18.3 Å². The van der Waals surface area contributed by atoms with Gasteiger partial charge in [-0.05, 0) is 12.8 Å². The van der Waals surface area contributed by atoms with Gasteiger partial charge in [-0.3, -0.25) is 4.74 Å². The van der Waals surface area contributed by atoms with E-state index < -0.39 is 12.5 Å². The van der Waals surface area contributed by atoms with E-state index in [1.807, 2.05) is 0 Å². The second-order valence-corrected chi connectivity index (χ2v) is 3.12. The van der Waals surface area contributed by atoms with Crippen LogP contribution in [0.5, 0.6) is 0 Å². The summed E-state index contributed by atoms with van der Waals surface area (Å²) in [5.74, 6) is 0. The fraction of sp³-hybridized carbons (Fsp3) is 0.714. The maximum atomic E-state index is 11.7. The smallest absolute Gasteiger partial charge is 0.288 e. The minimum absolute atomic E-state index is 0.0650. The second kappa shape index (κ2) is 3.23. The predicted octanol–water partition coefficient (Wildman–Crippen LogP) is 1.32. The van der Waals surface area contributed by atoms with Crippen LogP contribution in [0, 0.1) is 6.20 Å². The molecule has 1 saturated carbocycles. The van der Waals surface area contributed by atoms with Gasteiger partial charge in [-0.15, -0.1) is 18.3 Å². The van der Waals surface area contributed by atoms with Gasteiger partial charge in [0.15, 0.2) is 0 Å². The minimum atomic E-state index is -4.54. The first-order valence-corrected chi connectivity index (χ1v) is 4.07. The molecule has 0 saturated heterocycles. The second-order valence-electron chi connectivity index (χ2n) is 3.12. The lowest BCUT2D eigenvalue weighted by Gasteiger charge is -2.34. The molecule has 0 bridgehead atoms. The average Bonchev–Trinajstić information content (AvgIpc) is 2.45. The largest absolute Gasteiger partial charge is 0.522 e. The Morgan fingerprint density at radius 1 is 1.43 bits per heavy atom. The SMILES string of the molecule is FC(F)(F)OC1CC(n2[c]cnn2)C1. The van der Waals surface area contributed by atoms with E-state index in [2.05, 4.69) is 21.2 Å². The van der Waals surface area contributed by atoms with Crippen molar-refractivity contribution in [1.82, 2.24) is 15.0 Å². The van der Waals surface area contributed by atoms with Crippen molar-refractivity contribution in [2.75, 3.05) is 0 Å². The van der Waals surface area contributed by atoms with Crippen LogP contribution in [0.4, 0.5) is 13.2 Å². The summed E-state index contributed by atoms with van der Waals surface area (Å²) in [5, 5.41) is 7.16. The first kappa shape index (κ1) is 9.45. The standard InChI is InChI=1S/C7H7F3N3O/c8-7(9,10)14-6-3-5(4-6)13-2-1-11-12-13/h1,5-6H,3-4H2. The van der Waals surface area contributed by atoms with E-state index in [1.54, 1.807) is 0 Å². The molecule has 0 N–H and O–H groups in total. The number of hydrogen-bond acceptors (Lipinski definition) is 3. The molecule has 7 heteroatoms. The summed E-state index contributed by atoms with van der Waals surface area (Å²) >= 11 is 0. The maximum Gasteiger partial charge on any atom is 0.522 e. The number of hydrogen-bond donors (Lipinski definition) is 0. The third-order valence-electron chi connectivity index (χ3n) is 2.11. The van der Waals surface area contributed by atoms with Crippen LogP contribution in [0.2, 0.25) is 0 Å². The average molecular weight is 206 g/mol. The highest BCUT2D eigenvalue weighted by Gasteiger charge is 2.41. The molecule has 1 heterocycles. The Bertz CT molecular complexity index is 292. The van der Waals surface area contributed by atoms with Gasteiger partial charge >= 0.3 is 6.36 Å². The van der Waals surface area contributed by atoms with E-state index in [0.717, 1.165) is 0 Å². The molecule has 1 aliphatic carbocycles. The van der Waals surface area contributed by atoms with Crippen molar-refractivity contribution < 1.29 is 17.9 Å². The van der Waals surface area contributed by atoms with Gasteiger partial charge < -0.3 is 0 Å². The Morgan fingerprint density at radius 3 is 2.64 bits per heavy atom. The van der Waals surface area contributed by atoms with Crippen molar-refractivity contribution in [2.24, 2.45) is 0 Å². The van der Waals surface area contributed by atoms with Crippen LogP contribution in [-0.2, 0) is 4.74 Å². The number of aromatic nitrogens is 3. The van der Waals surface area contributed by atoms with Crippen LogP contribution in [0.1, 0.15) is 18.9 Å². The van der Waals surface area contributed by atoms with E-state index in [9.17, 15) is 13.2 Å². The first-order valence-electron chi connectivity index (χ1n) is 4.07. The van der Waals surface area contributed by atoms with Crippen LogP contribution in [0.15, 0.2) is 6.20 Å². The van der Waals surface area contributed by atoms with Crippen LogP contribution < -0.4 is 0 Å². The molecule has 2 rings (SSSR count). The molecule has 0 atom stereocenters. The van der Waals surface area contributed by atoms with Crippen molar-refractivity contribution in [1.29, 1.82) is 0 Å². The lowest BCUT2D eigenvalue weighted by molar-refractivity contribution is -0.353. The molecule has 14 heavy (non-hydrogen) atoms. The summed E-state index contributed by atoms with van der Waals surface area (Å²) in [5.41, 5.74) is 0. The quantitative estimate of drug-likeness (QED) is 0.732. The number of alkyl halides is 3. The summed E-state index contributed by atoms with van der Waals surface area (Å²) < 4.78 is 40.4. The normalized spacial score (nSPS) is 27.4. The summed E-state index contributed by atoms with van der Waals surface area (Å²) in [7, 11) is 0. The molecule has 0 aromatic carbocycles. The third kappa shape index (κ3) is 2.03. The number of rotatable bonds is 2. The van der Waals surface area contributed by atoms with Crippen LogP contribution in [0.25, 0.3) is 0 Å². The van der Waals surface area contributed by atoms with Crippen LogP contribution in [-0.4, -0.2) is 27.5 Å². The van der Waals surface area contributed by atoms with Gasteiger partial charge in [0, 0.05) is 0 Å². The molecule has 0 amide bonds. The van der Waals surface area contributed by atoms with E-state index >= 15 is 0 Å². The molecule has 1 aliphatic rings. The highest BCUT2D eigenvalue weighted by molar-refractivity contribution is 4.85. The lowest BCUT2D eigenvalue weighted by Crippen LogP contribution is -2.37. The highest BCUT2D eigenvalue weighted by atomic mass is 19.4. The van der Waals surface area contributed by atoms with E-state index in [4.69, 9.17) is 0 Å². The maximum absolute atomic E-state index is 11.7. The molecule has 0 unspecified atom stereocenters. The number of nitrogens with zero attached hydrogens (tertiary/aromatic N) is 3. The summed E-state index contributed by atoms with van der Waals surface area (Å²) in [6.07, 6.45) is -0.629. The molecule has 0 aliphatic heterocycles. The first-order chi connectivity index (χ1) is 6.54. The zero-order chi connectivity index (χ0) is 10.2. The summed E-state index contributed by atoms with van der Waals surface area (Å²) in [6.45, 7) is 0. The van der Waals surface area contributed by atoms with Crippen molar-refractivity contribution >= 4 is 0 Å². The zero-order valence-corrected chi connectivity index (χ0v) is 7.03. The fourth-order valence-corrected chi connectivity index (χ4v) is 1.39. The number of ether oxygens (including phenoxy) is 1. The molecule has 0 spiro atoms. The van der Waals surface area contributed by atoms with Crippen molar-refractivity contribution in [3.63, 3.8) is 0 Å². The van der Waals surface area contributed by atoms with Gasteiger partial charge in [0.25, 0.3) is 0 Å². The van der Waals surface area contributed by atoms with Gasteiger partial charge in [0.2, 0.25) is 0 Å². The van der Waals surface area contributed by atoms with Crippen LogP contribution >= 0.6 is 0 Å². The molecule has 77 valence electrons. The zero-order valence-electron chi connectivity index (χ0n) is 7.03. The molecule has 1 aromatic heterocycles. The topological polar surface area (TPSA) is 39.9 Å². The lowest BCUT2D eigenvalue weighted by atomic mass is 9.89. The summed E-state index contributed by atoms with van der Waals surface area (Å²) in [4.78, 5) is 0. The number of halogens is 3. The molecule has 1 aromatic rings. The van der Waals surface area contributed by atoms with Crippen molar-refractivity contribution in [3.05, 3.63) is 12.4 Å². The molecular weight excluding hydrogens is 199 g/mol. The van der Waals surface area contributed by atoms with Crippen LogP contribution in [0.3, 0.4) is 0 Å². The van der Waals surface area contributed by atoms with Gasteiger partial charge in [-0.1, -0.05) is 5.21 Å². The monoisotopic (exact) mass is 206 g/mol. The molecular formula is C7H7F3N3O. The van der Waals surface area contributed by atoms with E-state index in [-0.39, 0.29) is 6.04 Å². The molecule has 4 nitrogen and oxygen atoms in total.